The number of aromatic nitrogens is 1. The van der Waals surface area contributed by atoms with Crippen LogP contribution in [0.4, 0.5) is 0 Å². The Kier molecular flexibility index (Phi) is 3.43. The molecule has 0 aliphatic heterocycles. The zero-order valence-corrected chi connectivity index (χ0v) is 8.40. The molecule has 0 aliphatic rings. The van der Waals surface area contributed by atoms with Gasteiger partial charge in [0.2, 0.25) is 0 Å². The van der Waals surface area contributed by atoms with Crippen LogP contribution in [0.15, 0.2) is 17.2 Å². The zero-order chi connectivity index (χ0) is 10.7. The molecule has 0 fully saturated rings. The minimum absolute atomic E-state index is 0.0275. The summed E-state index contributed by atoms with van der Waals surface area (Å²) in [6, 6.07) is 0. The molecule has 4 heteroatoms. The molecular weight excluding hydrogens is 182 g/mol. The third-order valence-corrected chi connectivity index (χ3v) is 2.07. The van der Waals surface area contributed by atoms with E-state index in [1.807, 2.05) is 0 Å². The molecule has 1 atom stereocenters. The Morgan fingerprint density at radius 2 is 1.86 bits per heavy atom. The molecule has 78 valence electrons. The minimum atomic E-state index is -0.781. The predicted octanol–water partition coefficient (Wildman–Crippen LogP) is -0.182. The van der Waals surface area contributed by atoms with Crippen molar-refractivity contribution in [3.63, 3.8) is 0 Å². The summed E-state index contributed by atoms with van der Waals surface area (Å²) < 4.78 is 1.72. The molecule has 1 aromatic heterocycles. The van der Waals surface area contributed by atoms with Crippen LogP contribution in [0.5, 0.6) is 0 Å². The molecule has 1 aromatic rings. The van der Waals surface area contributed by atoms with Gasteiger partial charge in [-0.3, -0.25) is 4.79 Å². The quantitative estimate of drug-likeness (QED) is 0.706. The van der Waals surface area contributed by atoms with Gasteiger partial charge < -0.3 is 14.8 Å². The fourth-order valence-corrected chi connectivity index (χ4v) is 1.37. The first-order chi connectivity index (χ1) is 6.54. The first-order valence-electron chi connectivity index (χ1n) is 4.51. The van der Waals surface area contributed by atoms with E-state index in [0.717, 1.165) is 0 Å². The molecule has 14 heavy (non-hydrogen) atoms. The van der Waals surface area contributed by atoms with Gasteiger partial charge in [0.25, 0.3) is 0 Å². The van der Waals surface area contributed by atoms with E-state index in [4.69, 9.17) is 5.11 Å². The smallest absolute Gasteiger partial charge is 0.187 e. The van der Waals surface area contributed by atoms with E-state index in [1.54, 1.807) is 30.8 Å². The largest absolute Gasteiger partial charge is 0.394 e. The van der Waals surface area contributed by atoms with Crippen LogP contribution in [-0.2, 0) is 6.54 Å². The Bertz CT molecular complexity index is 344. The molecule has 0 saturated carbocycles. The summed E-state index contributed by atoms with van der Waals surface area (Å²) >= 11 is 0. The Hall–Kier alpha value is -1.13. The number of aryl methyl sites for hydroxylation is 2. The average molecular weight is 197 g/mol. The number of aliphatic hydroxyl groups excluding tert-OH is 2. The maximum absolute atomic E-state index is 11.4. The molecular formula is C10H15NO3. The van der Waals surface area contributed by atoms with Crippen molar-refractivity contribution in [1.82, 2.24) is 4.57 Å². The highest BCUT2D eigenvalue weighted by molar-refractivity contribution is 5.16. The van der Waals surface area contributed by atoms with Crippen LogP contribution >= 0.6 is 0 Å². The average Bonchev–Trinajstić information content (AvgIpc) is 2.14. The van der Waals surface area contributed by atoms with Crippen LogP contribution in [0.2, 0.25) is 0 Å². The highest BCUT2D eigenvalue weighted by atomic mass is 16.3. The predicted molar refractivity (Wildman–Crippen MR) is 53.3 cm³/mol. The monoisotopic (exact) mass is 197 g/mol. The maximum atomic E-state index is 11.4. The van der Waals surface area contributed by atoms with Crippen molar-refractivity contribution in [2.75, 3.05) is 6.61 Å². The second-order valence-electron chi connectivity index (χ2n) is 3.49. The highest BCUT2D eigenvalue weighted by Gasteiger charge is 2.04. The fraction of sp³-hybridized carbons (Fsp3) is 0.500. The summed E-state index contributed by atoms with van der Waals surface area (Å²) in [5.41, 5.74) is 1.32. The van der Waals surface area contributed by atoms with E-state index in [2.05, 4.69) is 0 Å². The first kappa shape index (κ1) is 10.9. The van der Waals surface area contributed by atoms with Gasteiger partial charge in [-0.15, -0.1) is 0 Å². The minimum Gasteiger partial charge on any atom is -0.394 e. The summed E-state index contributed by atoms with van der Waals surface area (Å²) in [6.07, 6.45) is 2.57. The van der Waals surface area contributed by atoms with Crippen LogP contribution in [0.3, 0.4) is 0 Å². The van der Waals surface area contributed by atoms with Crippen LogP contribution < -0.4 is 5.43 Å². The van der Waals surface area contributed by atoms with E-state index >= 15 is 0 Å². The van der Waals surface area contributed by atoms with Gasteiger partial charge in [0, 0.05) is 23.5 Å². The second kappa shape index (κ2) is 4.39. The normalized spacial score (nSPS) is 12.9. The van der Waals surface area contributed by atoms with Crippen molar-refractivity contribution >= 4 is 0 Å². The van der Waals surface area contributed by atoms with Crippen molar-refractivity contribution in [3.8, 4) is 0 Å². The molecule has 0 aromatic carbocycles. The van der Waals surface area contributed by atoms with Crippen molar-refractivity contribution in [1.29, 1.82) is 0 Å². The van der Waals surface area contributed by atoms with Gasteiger partial charge in [-0.05, 0) is 13.8 Å². The SMILES string of the molecule is Cc1cn(CC(O)CO)cc(C)c1=O. The van der Waals surface area contributed by atoms with E-state index in [9.17, 15) is 9.90 Å². The van der Waals surface area contributed by atoms with E-state index in [1.165, 1.54) is 0 Å². The van der Waals surface area contributed by atoms with Gasteiger partial charge in [-0.25, -0.2) is 0 Å². The fourth-order valence-electron chi connectivity index (χ4n) is 1.37. The first-order valence-corrected chi connectivity index (χ1v) is 4.51. The van der Waals surface area contributed by atoms with Crippen molar-refractivity contribution in [2.45, 2.75) is 26.5 Å². The van der Waals surface area contributed by atoms with Gasteiger partial charge in [-0.1, -0.05) is 0 Å². The van der Waals surface area contributed by atoms with Gasteiger partial charge in [0.15, 0.2) is 5.43 Å². The molecule has 1 rings (SSSR count). The standard InChI is InChI=1S/C10H15NO3/c1-7-3-11(5-9(13)6-12)4-8(2)10(7)14/h3-4,9,12-13H,5-6H2,1-2H3. The summed E-state index contributed by atoms with van der Waals surface area (Å²) in [5, 5.41) is 17.9. The molecule has 0 bridgehead atoms. The van der Waals surface area contributed by atoms with Crippen molar-refractivity contribution in [2.24, 2.45) is 0 Å². The van der Waals surface area contributed by atoms with Crippen molar-refractivity contribution in [3.05, 3.63) is 33.7 Å². The molecule has 0 amide bonds. The number of hydrogen-bond donors (Lipinski definition) is 2. The molecule has 4 nitrogen and oxygen atoms in total. The number of hydrogen-bond acceptors (Lipinski definition) is 3. The van der Waals surface area contributed by atoms with Crippen LogP contribution in [0.1, 0.15) is 11.1 Å². The lowest BCUT2D eigenvalue weighted by atomic mass is 10.2. The number of pyridine rings is 1. The van der Waals surface area contributed by atoms with Crippen LogP contribution in [0, 0.1) is 13.8 Å². The topological polar surface area (TPSA) is 62.5 Å². The van der Waals surface area contributed by atoms with Crippen molar-refractivity contribution < 1.29 is 10.2 Å². The van der Waals surface area contributed by atoms with Gasteiger partial charge in [0.05, 0.1) is 19.3 Å². The molecule has 1 heterocycles. The molecule has 0 saturated heterocycles. The number of aliphatic hydroxyl groups is 2. The van der Waals surface area contributed by atoms with Gasteiger partial charge in [0.1, 0.15) is 0 Å². The molecule has 0 spiro atoms. The lowest BCUT2D eigenvalue weighted by molar-refractivity contribution is 0.0810. The molecule has 1 unspecified atom stereocenters. The van der Waals surface area contributed by atoms with Gasteiger partial charge >= 0.3 is 0 Å². The third kappa shape index (κ3) is 2.43. The Morgan fingerprint density at radius 1 is 1.36 bits per heavy atom. The molecule has 0 radical (unpaired) electrons. The number of rotatable bonds is 3. The van der Waals surface area contributed by atoms with Gasteiger partial charge in [-0.2, -0.15) is 0 Å². The second-order valence-corrected chi connectivity index (χ2v) is 3.49. The highest BCUT2D eigenvalue weighted by Crippen LogP contribution is 1.98. The summed E-state index contributed by atoms with van der Waals surface area (Å²) in [4.78, 5) is 11.4. The Balaban J connectivity index is 2.95. The van der Waals surface area contributed by atoms with Crippen LogP contribution in [-0.4, -0.2) is 27.5 Å². The number of nitrogens with zero attached hydrogens (tertiary/aromatic N) is 1. The maximum Gasteiger partial charge on any atom is 0.187 e. The summed E-state index contributed by atoms with van der Waals surface area (Å²) in [6.45, 7) is 3.50. The summed E-state index contributed by atoms with van der Waals surface area (Å²) in [5.74, 6) is 0. The summed E-state index contributed by atoms with van der Waals surface area (Å²) in [7, 11) is 0. The Labute approximate surface area is 82.4 Å². The molecule has 2 N–H and O–H groups in total. The van der Waals surface area contributed by atoms with E-state index in [0.29, 0.717) is 17.7 Å². The lowest BCUT2D eigenvalue weighted by Crippen LogP contribution is -2.22. The van der Waals surface area contributed by atoms with E-state index < -0.39 is 6.10 Å². The Morgan fingerprint density at radius 3 is 2.29 bits per heavy atom. The van der Waals surface area contributed by atoms with Crippen LogP contribution in [0.25, 0.3) is 0 Å². The van der Waals surface area contributed by atoms with E-state index in [-0.39, 0.29) is 12.0 Å². The zero-order valence-electron chi connectivity index (χ0n) is 8.40. The lowest BCUT2D eigenvalue weighted by Gasteiger charge is -2.12. The molecule has 0 aliphatic carbocycles. The third-order valence-electron chi connectivity index (χ3n) is 2.07.